The van der Waals surface area contributed by atoms with E-state index in [0.717, 1.165) is 11.4 Å². The van der Waals surface area contributed by atoms with Crippen molar-refractivity contribution in [2.24, 2.45) is 0 Å². The summed E-state index contributed by atoms with van der Waals surface area (Å²) in [6, 6.07) is 4.94. The Balaban J connectivity index is 2.34. The molecule has 0 amide bonds. The van der Waals surface area contributed by atoms with E-state index in [2.05, 4.69) is 46.8 Å². The Kier molecular flexibility index (Phi) is 4.59. The third-order valence-electron chi connectivity index (χ3n) is 2.17. The molecule has 0 saturated carbocycles. The first-order valence-electron chi connectivity index (χ1n) is 5.22. The van der Waals surface area contributed by atoms with Crippen molar-refractivity contribution in [2.45, 2.75) is 18.2 Å². The first kappa shape index (κ1) is 14.9. The van der Waals surface area contributed by atoms with Crippen LogP contribution in [0.25, 0.3) is 0 Å². The summed E-state index contributed by atoms with van der Waals surface area (Å²) in [6.45, 7) is 1.93. The fourth-order valence-electron chi connectivity index (χ4n) is 1.29. The number of aryl methyl sites for hydroxylation is 1. The topological polar surface area (TPSA) is 72.0 Å². The summed E-state index contributed by atoms with van der Waals surface area (Å²) in [5, 5.41) is 8.72. The smallest absolute Gasteiger partial charge is 0.253 e. The van der Waals surface area contributed by atoms with Gasteiger partial charge in [0.1, 0.15) is 9.90 Å². The Hall–Kier alpha value is -0.510. The van der Waals surface area contributed by atoms with E-state index in [9.17, 15) is 8.42 Å². The van der Waals surface area contributed by atoms with Gasteiger partial charge < -0.3 is 0 Å². The molecule has 1 aromatic heterocycles. The zero-order chi connectivity index (χ0) is 14.0. The van der Waals surface area contributed by atoms with Gasteiger partial charge in [0.05, 0.1) is 0 Å². The second-order valence-corrected chi connectivity index (χ2v) is 8.02. The quantitative estimate of drug-likeness (QED) is 0.812. The summed E-state index contributed by atoms with van der Waals surface area (Å²) < 4.78 is 28.1. The molecular formula is C10H9Br2N3O2S2. The third-order valence-corrected chi connectivity index (χ3v) is 6.11. The first-order chi connectivity index (χ1) is 8.92. The number of halogens is 2. The van der Waals surface area contributed by atoms with Crippen molar-refractivity contribution in [1.82, 2.24) is 10.2 Å². The van der Waals surface area contributed by atoms with E-state index in [-0.39, 0.29) is 10.0 Å². The zero-order valence-electron chi connectivity index (χ0n) is 9.72. The van der Waals surface area contributed by atoms with E-state index >= 15 is 0 Å². The summed E-state index contributed by atoms with van der Waals surface area (Å²) in [5.74, 6) is 0. The Morgan fingerprint density at radius 3 is 2.68 bits per heavy atom. The lowest BCUT2D eigenvalue weighted by Gasteiger charge is -2.07. The lowest BCUT2D eigenvalue weighted by Crippen LogP contribution is -2.13. The van der Waals surface area contributed by atoms with Crippen LogP contribution in [-0.4, -0.2) is 18.6 Å². The van der Waals surface area contributed by atoms with Crippen LogP contribution in [0.15, 0.2) is 32.0 Å². The molecular weight excluding hydrogens is 418 g/mol. The van der Waals surface area contributed by atoms with Gasteiger partial charge in [0, 0.05) is 8.95 Å². The van der Waals surface area contributed by atoms with Crippen molar-refractivity contribution < 1.29 is 8.42 Å². The Morgan fingerprint density at radius 1 is 1.32 bits per heavy atom. The second kappa shape index (κ2) is 5.86. The number of aromatic nitrogens is 2. The van der Waals surface area contributed by atoms with Gasteiger partial charge in [-0.15, -0.1) is 10.2 Å². The maximum Gasteiger partial charge on any atom is 0.264 e. The van der Waals surface area contributed by atoms with E-state index in [1.165, 1.54) is 17.4 Å². The molecule has 0 fully saturated rings. The molecule has 0 atom stereocenters. The standard InChI is InChI=1S/C10H9Br2N3O2S2/c1-2-9-13-14-10(18-9)15-19(16,17)8-5-6(11)3-4-7(8)12/h3-5H,2H2,1H3,(H,14,15). The van der Waals surface area contributed by atoms with Crippen molar-refractivity contribution >= 4 is 58.4 Å². The average Bonchev–Trinajstić information content (AvgIpc) is 2.79. The van der Waals surface area contributed by atoms with Crippen LogP contribution in [0.4, 0.5) is 5.13 Å². The number of anilines is 1. The van der Waals surface area contributed by atoms with Crippen molar-refractivity contribution in [1.29, 1.82) is 0 Å². The number of hydrogen-bond acceptors (Lipinski definition) is 5. The molecule has 0 aliphatic heterocycles. The lowest BCUT2D eigenvalue weighted by molar-refractivity contribution is 0.600. The maximum absolute atomic E-state index is 12.2. The molecule has 0 saturated heterocycles. The molecule has 102 valence electrons. The molecule has 1 heterocycles. The van der Waals surface area contributed by atoms with Gasteiger partial charge in [-0.1, -0.05) is 34.2 Å². The molecule has 0 bridgehead atoms. The van der Waals surface area contributed by atoms with E-state index < -0.39 is 10.0 Å². The van der Waals surface area contributed by atoms with Crippen LogP contribution in [0.1, 0.15) is 11.9 Å². The highest BCUT2D eigenvalue weighted by Gasteiger charge is 2.20. The van der Waals surface area contributed by atoms with Gasteiger partial charge in [-0.25, -0.2) is 8.42 Å². The number of sulfonamides is 1. The second-order valence-electron chi connectivity index (χ2n) is 3.53. The van der Waals surface area contributed by atoms with E-state index in [1.54, 1.807) is 12.1 Å². The molecule has 1 aromatic carbocycles. The van der Waals surface area contributed by atoms with Gasteiger partial charge in [-0.2, -0.15) is 0 Å². The molecule has 0 unspecified atom stereocenters. The summed E-state index contributed by atoms with van der Waals surface area (Å²) in [5.41, 5.74) is 0. The lowest BCUT2D eigenvalue weighted by atomic mass is 10.4. The van der Waals surface area contributed by atoms with E-state index in [4.69, 9.17) is 0 Å². The van der Waals surface area contributed by atoms with Gasteiger partial charge in [-0.05, 0) is 40.5 Å². The van der Waals surface area contributed by atoms with Crippen LogP contribution in [0.5, 0.6) is 0 Å². The van der Waals surface area contributed by atoms with Crippen LogP contribution in [-0.2, 0) is 16.4 Å². The van der Waals surface area contributed by atoms with E-state index in [0.29, 0.717) is 8.95 Å². The van der Waals surface area contributed by atoms with Crippen LogP contribution >= 0.6 is 43.2 Å². The summed E-state index contributed by atoms with van der Waals surface area (Å²) in [7, 11) is -3.68. The zero-order valence-corrected chi connectivity index (χ0v) is 14.5. The van der Waals surface area contributed by atoms with Crippen LogP contribution in [0.2, 0.25) is 0 Å². The van der Waals surface area contributed by atoms with Crippen molar-refractivity contribution in [3.63, 3.8) is 0 Å². The van der Waals surface area contributed by atoms with Crippen LogP contribution in [0.3, 0.4) is 0 Å². The van der Waals surface area contributed by atoms with Crippen LogP contribution in [0, 0.1) is 0 Å². The minimum absolute atomic E-state index is 0.148. The molecule has 2 rings (SSSR count). The van der Waals surface area contributed by atoms with Crippen molar-refractivity contribution in [3.8, 4) is 0 Å². The summed E-state index contributed by atoms with van der Waals surface area (Å²) in [4.78, 5) is 0.148. The average molecular weight is 427 g/mol. The number of nitrogens with one attached hydrogen (secondary N) is 1. The van der Waals surface area contributed by atoms with Crippen LogP contribution < -0.4 is 4.72 Å². The molecule has 0 aliphatic carbocycles. The maximum atomic E-state index is 12.2. The van der Waals surface area contributed by atoms with Gasteiger partial charge in [0.15, 0.2) is 0 Å². The van der Waals surface area contributed by atoms with Gasteiger partial charge in [0.2, 0.25) is 5.13 Å². The van der Waals surface area contributed by atoms with Gasteiger partial charge >= 0.3 is 0 Å². The normalized spacial score (nSPS) is 11.5. The van der Waals surface area contributed by atoms with E-state index in [1.807, 2.05) is 6.92 Å². The SMILES string of the molecule is CCc1nnc(NS(=O)(=O)c2cc(Br)ccc2Br)s1. The highest BCUT2D eigenvalue weighted by atomic mass is 79.9. The first-order valence-corrected chi connectivity index (χ1v) is 9.11. The number of hydrogen-bond donors (Lipinski definition) is 1. The number of nitrogens with zero attached hydrogens (tertiary/aromatic N) is 2. The number of benzene rings is 1. The Morgan fingerprint density at radius 2 is 2.05 bits per heavy atom. The largest absolute Gasteiger partial charge is 0.264 e. The summed E-state index contributed by atoms with van der Waals surface area (Å²) >= 11 is 7.70. The van der Waals surface area contributed by atoms with Gasteiger partial charge in [-0.3, -0.25) is 4.72 Å². The predicted molar refractivity (Wildman–Crippen MR) is 81.9 cm³/mol. The molecule has 0 spiro atoms. The molecule has 2 aromatic rings. The molecule has 0 aliphatic rings. The minimum Gasteiger partial charge on any atom is -0.253 e. The Labute approximate surface area is 131 Å². The van der Waals surface area contributed by atoms with Crippen molar-refractivity contribution in [3.05, 3.63) is 32.2 Å². The third kappa shape index (κ3) is 3.53. The minimum atomic E-state index is -3.68. The van der Waals surface area contributed by atoms with Crippen molar-refractivity contribution in [2.75, 3.05) is 4.72 Å². The Bertz CT molecular complexity index is 701. The molecule has 5 nitrogen and oxygen atoms in total. The highest BCUT2D eigenvalue weighted by molar-refractivity contribution is 9.11. The predicted octanol–water partition coefficient (Wildman–Crippen LogP) is 3.43. The molecule has 0 radical (unpaired) electrons. The molecule has 9 heteroatoms. The highest BCUT2D eigenvalue weighted by Crippen LogP contribution is 2.28. The van der Waals surface area contributed by atoms with Gasteiger partial charge in [0.25, 0.3) is 10.0 Å². The fourth-order valence-corrected chi connectivity index (χ4v) is 4.70. The summed E-state index contributed by atoms with van der Waals surface area (Å²) in [6.07, 6.45) is 0.722. The number of rotatable bonds is 4. The fraction of sp³-hybridized carbons (Fsp3) is 0.200. The molecule has 1 N–H and O–H groups in total. The monoisotopic (exact) mass is 425 g/mol. The molecule has 19 heavy (non-hydrogen) atoms.